The van der Waals surface area contributed by atoms with Gasteiger partial charge in [0, 0.05) is 18.3 Å². The topological polar surface area (TPSA) is 67.4 Å². The minimum absolute atomic E-state index is 0.154. The number of aryl methyl sites for hydroxylation is 1. The summed E-state index contributed by atoms with van der Waals surface area (Å²) < 4.78 is 4.47. The summed E-state index contributed by atoms with van der Waals surface area (Å²) in [6.45, 7) is 3.30. The molecule has 0 fully saturated rings. The molecule has 0 saturated carbocycles. The molecule has 0 aliphatic heterocycles. The predicted molar refractivity (Wildman–Crippen MR) is 61.5 cm³/mol. The van der Waals surface area contributed by atoms with Crippen LogP contribution < -0.4 is 10.6 Å². The normalized spacial score (nSPS) is 9.44. The number of nitrogens with one attached hydrogen (secondary N) is 2. The first kappa shape index (κ1) is 12.0. The smallest absolute Gasteiger partial charge is 0.411 e. The van der Waals surface area contributed by atoms with Gasteiger partial charge in [-0.25, -0.2) is 4.79 Å². The number of amides is 2. The van der Waals surface area contributed by atoms with Gasteiger partial charge in [0.15, 0.2) is 0 Å². The molecule has 1 rings (SSSR count). The van der Waals surface area contributed by atoms with Crippen LogP contribution >= 0.6 is 0 Å². The van der Waals surface area contributed by atoms with Crippen molar-refractivity contribution in [3.8, 4) is 0 Å². The number of carbonyl (C=O) groups excluding carboxylic acids is 2. The highest BCUT2D eigenvalue weighted by molar-refractivity contribution is 5.91. The van der Waals surface area contributed by atoms with E-state index in [-0.39, 0.29) is 5.91 Å². The fourth-order valence-corrected chi connectivity index (χ4v) is 1.19. The Morgan fingerprint density at radius 3 is 2.50 bits per heavy atom. The molecule has 0 heterocycles. The van der Waals surface area contributed by atoms with Crippen LogP contribution in [-0.2, 0) is 9.53 Å². The zero-order chi connectivity index (χ0) is 12.1. The van der Waals surface area contributed by atoms with Gasteiger partial charge in [0.05, 0.1) is 7.11 Å². The first-order valence-electron chi connectivity index (χ1n) is 4.76. The molecule has 5 nitrogen and oxygen atoms in total. The molecule has 1 aromatic rings. The molecular weight excluding hydrogens is 208 g/mol. The second-order valence-electron chi connectivity index (χ2n) is 3.33. The molecule has 0 aliphatic carbocycles. The predicted octanol–water partition coefficient (Wildman–Crippen LogP) is 2.13. The van der Waals surface area contributed by atoms with Crippen LogP contribution in [0.1, 0.15) is 12.5 Å². The summed E-state index contributed by atoms with van der Waals surface area (Å²) in [5, 5.41) is 5.19. The first-order chi connectivity index (χ1) is 7.52. The Kier molecular flexibility index (Phi) is 3.88. The summed E-state index contributed by atoms with van der Waals surface area (Å²) in [7, 11) is 1.29. The average Bonchev–Trinajstić information content (AvgIpc) is 2.22. The Bertz CT molecular complexity index is 416. The van der Waals surface area contributed by atoms with Gasteiger partial charge in [0.25, 0.3) is 0 Å². The average molecular weight is 222 g/mol. The lowest BCUT2D eigenvalue weighted by molar-refractivity contribution is -0.114. The third-order valence-electron chi connectivity index (χ3n) is 1.98. The maximum Gasteiger partial charge on any atom is 0.411 e. The number of carbonyl (C=O) groups is 2. The molecule has 0 radical (unpaired) electrons. The third-order valence-corrected chi connectivity index (χ3v) is 1.98. The van der Waals surface area contributed by atoms with Crippen molar-refractivity contribution in [1.82, 2.24) is 0 Å². The van der Waals surface area contributed by atoms with Crippen LogP contribution in [0.4, 0.5) is 16.2 Å². The molecule has 1 aromatic carbocycles. The second-order valence-corrected chi connectivity index (χ2v) is 3.33. The Morgan fingerprint density at radius 2 is 1.94 bits per heavy atom. The van der Waals surface area contributed by atoms with Crippen LogP contribution in [0.2, 0.25) is 0 Å². The number of benzene rings is 1. The van der Waals surface area contributed by atoms with Crippen LogP contribution in [-0.4, -0.2) is 19.1 Å². The minimum atomic E-state index is -0.544. The summed E-state index contributed by atoms with van der Waals surface area (Å²) in [5.74, 6) is -0.154. The highest BCUT2D eigenvalue weighted by Crippen LogP contribution is 2.20. The van der Waals surface area contributed by atoms with Gasteiger partial charge in [-0.1, -0.05) is 6.07 Å². The summed E-state index contributed by atoms with van der Waals surface area (Å²) in [5.41, 5.74) is 2.16. The number of hydrogen-bond acceptors (Lipinski definition) is 3. The van der Waals surface area contributed by atoms with Gasteiger partial charge in [-0.05, 0) is 24.6 Å². The minimum Gasteiger partial charge on any atom is -0.453 e. The number of rotatable bonds is 2. The van der Waals surface area contributed by atoms with E-state index in [1.165, 1.54) is 14.0 Å². The van der Waals surface area contributed by atoms with E-state index in [0.717, 1.165) is 5.56 Å². The molecular formula is C11H14N2O3. The molecule has 0 unspecified atom stereocenters. The molecule has 0 bridgehead atoms. The molecule has 0 aliphatic rings. The second kappa shape index (κ2) is 5.16. The van der Waals surface area contributed by atoms with Crippen LogP contribution in [0.3, 0.4) is 0 Å². The molecule has 0 spiro atoms. The van der Waals surface area contributed by atoms with E-state index < -0.39 is 6.09 Å². The largest absolute Gasteiger partial charge is 0.453 e. The van der Waals surface area contributed by atoms with Gasteiger partial charge in [0.1, 0.15) is 0 Å². The van der Waals surface area contributed by atoms with E-state index >= 15 is 0 Å². The van der Waals surface area contributed by atoms with E-state index in [4.69, 9.17) is 0 Å². The van der Waals surface area contributed by atoms with E-state index in [2.05, 4.69) is 15.4 Å². The molecule has 0 saturated heterocycles. The van der Waals surface area contributed by atoms with E-state index in [1.807, 2.05) is 6.92 Å². The van der Waals surface area contributed by atoms with Crippen molar-refractivity contribution in [1.29, 1.82) is 0 Å². The van der Waals surface area contributed by atoms with Crippen LogP contribution in [0.25, 0.3) is 0 Å². The van der Waals surface area contributed by atoms with Crippen LogP contribution in [0.5, 0.6) is 0 Å². The molecule has 2 amide bonds. The van der Waals surface area contributed by atoms with E-state index in [0.29, 0.717) is 11.4 Å². The monoisotopic (exact) mass is 222 g/mol. The SMILES string of the molecule is COC(=O)Nc1ccc(C)c(NC(C)=O)c1. The quantitative estimate of drug-likeness (QED) is 0.805. The molecule has 0 atom stereocenters. The molecule has 0 aromatic heterocycles. The standard InChI is InChI=1S/C11H14N2O3/c1-7-4-5-9(13-11(15)16-3)6-10(7)12-8(2)14/h4-6H,1-3H3,(H,12,14)(H,13,15). The van der Waals surface area contributed by atoms with Gasteiger partial charge in [0.2, 0.25) is 5.91 Å². The Labute approximate surface area is 93.8 Å². The summed E-state index contributed by atoms with van der Waals surface area (Å²) >= 11 is 0. The number of anilines is 2. The van der Waals surface area contributed by atoms with Gasteiger partial charge in [-0.15, -0.1) is 0 Å². The maximum absolute atomic E-state index is 11.0. The lowest BCUT2D eigenvalue weighted by Gasteiger charge is -2.09. The maximum atomic E-state index is 11.0. The van der Waals surface area contributed by atoms with Gasteiger partial charge in [-0.3, -0.25) is 10.1 Å². The lowest BCUT2D eigenvalue weighted by Crippen LogP contribution is -2.12. The number of methoxy groups -OCH3 is 1. The van der Waals surface area contributed by atoms with Crippen molar-refractivity contribution in [2.75, 3.05) is 17.7 Å². The molecule has 2 N–H and O–H groups in total. The fraction of sp³-hybridized carbons (Fsp3) is 0.273. The van der Waals surface area contributed by atoms with Gasteiger partial charge >= 0.3 is 6.09 Å². The Balaban J connectivity index is 2.88. The van der Waals surface area contributed by atoms with Crippen LogP contribution in [0.15, 0.2) is 18.2 Å². The third kappa shape index (κ3) is 3.27. The Morgan fingerprint density at radius 1 is 1.25 bits per heavy atom. The number of ether oxygens (including phenoxy) is 1. The van der Waals surface area contributed by atoms with Crippen molar-refractivity contribution in [3.63, 3.8) is 0 Å². The Hall–Kier alpha value is -2.04. The van der Waals surface area contributed by atoms with Crippen LogP contribution in [0, 0.1) is 6.92 Å². The van der Waals surface area contributed by atoms with Crippen molar-refractivity contribution < 1.29 is 14.3 Å². The van der Waals surface area contributed by atoms with Gasteiger partial charge in [-0.2, -0.15) is 0 Å². The molecule has 5 heteroatoms. The van der Waals surface area contributed by atoms with Crippen molar-refractivity contribution >= 4 is 23.4 Å². The van der Waals surface area contributed by atoms with E-state index in [1.54, 1.807) is 18.2 Å². The lowest BCUT2D eigenvalue weighted by atomic mass is 10.2. The van der Waals surface area contributed by atoms with Crippen molar-refractivity contribution in [3.05, 3.63) is 23.8 Å². The zero-order valence-corrected chi connectivity index (χ0v) is 9.46. The van der Waals surface area contributed by atoms with E-state index in [9.17, 15) is 9.59 Å². The highest BCUT2D eigenvalue weighted by atomic mass is 16.5. The summed E-state index contributed by atoms with van der Waals surface area (Å²) in [4.78, 5) is 21.9. The first-order valence-corrected chi connectivity index (χ1v) is 4.76. The molecule has 86 valence electrons. The highest BCUT2D eigenvalue weighted by Gasteiger charge is 2.04. The fourth-order valence-electron chi connectivity index (χ4n) is 1.19. The van der Waals surface area contributed by atoms with Gasteiger partial charge < -0.3 is 10.1 Å². The van der Waals surface area contributed by atoms with Crippen molar-refractivity contribution in [2.45, 2.75) is 13.8 Å². The number of hydrogen-bond donors (Lipinski definition) is 2. The summed E-state index contributed by atoms with van der Waals surface area (Å²) in [6.07, 6.45) is -0.544. The zero-order valence-electron chi connectivity index (χ0n) is 9.46. The van der Waals surface area contributed by atoms with Crippen molar-refractivity contribution in [2.24, 2.45) is 0 Å². The molecule has 16 heavy (non-hydrogen) atoms. The summed E-state index contributed by atoms with van der Waals surface area (Å²) in [6, 6.07) is 5.21.